The van der Waals surface area contributed by atoms with E-state index in [1.54, 1.807) is 11.8 Å². The molecular weight excluding hydrogens is 200 g/mol. The standard InChI is InChI=1S/C13H20N2O/c1-10(2)14-13-7-5-6-12(8-13)9-15(4)11(3)16/h5-8,10,14H,9H2,1-4H3. The van der Waals surface area contributed by atoms with Crippen molar-refractivity contribution in [2.45, 2.75) is 33.4 Å². The van der Waals surface area contributed by atoms with E-state index in [1.807, 2.05) is 25.2 Å². The minimum absolute atomic E-state index is 0.0854. The van der Waals surface area contributed by atoms with Crippen molar-refractivity contribution in [1.82, 2.24) is 4.90 Å². The normalized spacial score (nSPS) is 10.3. The van der Waals surface area contributed by atoms with Gasteiger partial charge in [0.05, 0.1) is 0 Å². The summed E-state index contributed by atoms with van der Waals surface area (Å²) in [7, 11) is 1.81. The Kier molecular flexibility index (Phi) is 4.35. The van der Waals surface area contributed by atoms with Crippen LogP contribution in [0.1, 0.15) is 26.3 Å². The Morgan fingerprint density at radius 1 is 1.44 bits per heavy atom. The molecule has 88 valence electrons. The van der Waals surface area contributed by atoms with Crippen LogP contribution in [0.2, 0.25) is 0 Å². The fraction of sp³-hybridized carbons (Fsp3) is 0.462. The largest absolute Gasteiger partial charge is 0.383 e. The number of benzene rings is 1. The van der Waals surface area contributed by atoms with Crippen molar-refractivity contribution in [3.05, 3.63) is 29.8 Å². The highest BCUT2D eigenvalue weighted by molar-refractivity contribution is 5.72. The Morgan fingerprint density at radius 2 is 2.12 bits per heavy atom. The number of amides is 1. The average molecular weight is 220 g/mol. The molecule has 0 atom stereocenters. The lowest BCUT2D eigenvalue weighted by Crippen LogP contribution is -2.23. The fourth-order valence-electron chi connectivity index (χ4n) is 1.48. The van der Waals surface area contributed by atoms with Crippen LogP contribution in [0.5, 0.6) is 0 Å². The van der Waals surface area contributed by atoms with Crippen molar-refractivity contribution < 1.29 is 4.79 Å². The van der Waals surface area contributed by atoms with Gasteiger partial charge in [-0.2, -0.15) is 0 Å². The molecule has 0 bridgehead atoms. The van der Waals surface area contributed by atoms with Crippen LogP contribution in [0.15, 0.2) is 24.3 Å². The molecule has 0 aliphatic carbocycles. The lowest BCUT2D eigenvalue weighted by atomic mass is 10.2. The van der Waals surface area contributed by atoms with Crippen molar-refractivity contribution in [2.75, 3.05) is 12.4 Å². The van der Waals surface area contributed by atoms with E-state index in [0.29, 0.717) is 12.6 Å². The number of nitrogens with zero attached hydrogens (tertiary/aromatic N) is 1. The molecule has 0 aromatic heterocycles. The first-order chi connectivity index (χ1) is 7.49. The van der Waals surface area contributed by atoms with Gasteiger partial charge in [-0.05, 0) is 31.5 Å². The third kappa shape index (κ3) is 3.93. The zero-order chi connectivity index (χ0) is 12.1. The van der Waals surface area contributed by atoms with Gasteiger partial charge in [-0.25, -0.2) is 0 Å². The van der Waals surface area contributed by atoms with Gasteiger partial charge in [0.15, 0.2) is 0 Å². The molecule has 0 unspecified atom stereocenters. The Labute approximate surface area is 97.5 Å². The quantitative estimate of drug-likeness (QED) is 0.845. The van der Waals surface area contributed by atoms with Gasteiger partial charge in [-0.1, -0.05) is 12.1 Å². The zero-order valence-corrected chi connectivity index (χ0v) is 10.4. The summed E-state index contributed by atoms with van der Waals surface area (Å²) >= 11 is 0. The maximum Gasteiger partial charge on any atom is 0.219 e. The van der Waals surface area contributed by atoms with Crippen LogP contribution < -0.4 is 5.32 Å². The van der Waals surface area contributed by atoms with Gasteiger partial charge in [-0.15, -0.1) is 0 Å². The molecule has 1 aromatic rings. The van der Waals surface area contributed by atoms with E-state index in [0.717, 1.165) is 11.3 Å². The van der Waals surface area contributed by atoms with E-state index in [1.165, 1.54) is 0 Å². The predicted molar refractivity (Wildman–Crippen MR) is 67.3 cm³/mol. The number of nitrogens with one attached hydrogen (secondary N) is 1. The number of hydrogen-bond acceptors (Lipinski definition) is 2. The van der Waals surface area contributed by atoms with Crippen LogP contribution in [-0.4, -0.2) is 23.9 Å². The maximum absolute atomic E-state index is 11.1. The van der Waals surface area contributed by atoms with E-state index in [4.69, 9.17) is 0 Å². The second-order valence-corrected chi connectivity index (χ2v) is 4.37. The van der Waals surface area contributed by atoms with Crippen LogP contribution in [0.3, 0.4) is 0 Å². The van der Waals surface area contributed by atoms with Gasteiger partial charge in [0.25, 0.3) is 0 Å². The van der Waals surface area contributed by atoms with Crippen molar-refractivity contribution in [3.8, 4) is 0 Å². The van der Waals surface area contributed by atoms with Crippen LogP contribution >= 0.6 is 0 Å². The molecule has 0 spiro atoms. The van der Waals surface area contributed by atoms with Gasteiger partial charge >= 0.3 is 0 Å². The Morgan fingerprint density at radius 3 is 2.69 bits per heavy atom. The molecule has 1 N–H and O–H groups in total. The van der Waals surface area contributed by atoms with E-state index >= 15 is 0 Å². The van der Waals surface area contributed by atoms with Crippen LogP contribution in [0, 0.1) is 0 Å². The van der Waals surface area contributed by atoms with Gasteiger partial charge < -0.3 is 10.2 Å². The Balaban J connectivity index is 2.70. The van der Waals surface area contributed by atoms with E-state index in [9.17, 15) is 4.79 Å². The van der Waals surface area contributed by atoms with Crippen LogP contribution in [0.25, 0.3) is 0 Å². The number of carbonyl (C=O) groups is 1. The van der Waals surface area contributed by atoms with Gasteiger partial charge in [0, 0.05) is 32.2 Å². The van der Waals surface area contributed by atoms with Gasteiger partial charge in [-0.3, -0.25) is 4.79 Å². The molecule has 1 rings (SSSR count). The van der Waals surface area contributed by atoms with Crippen LogP contribution in [0.4, 0.5) is 5.69 Å². The summed E-state index contributed by atoms with van der Waals surface area (Å²) in [6, 6.07) is 8.58. The molecule has 3 heteroatoms. The first-order valence-electron chi connectivity index (χ1n) is 5.56. The number of rotatable bonds is 4. The lowest BCUT2D eigenvalue weighted by molar-refractivity contribution is -0.128. The Hall–Kier alpha value is -1.51. The number of anilines is 1. The second kappa shape index (κ2) is 5.54. The highest BCUT2D eigenvalue weighted by Crippen LogP contribution is 2.13. The minimum Gasteiger partial charge on any atom is -0.383 e. The highest BCUT2D eigenvalue weighted by atomic mass is 16.2. The summed E-state index contributed by atoms with van der Waals surface area (Å²) in [6.45, 7) is 6.45. The van der Waals surface area contributed by atoms with Gasteiger partial charge in [0.2, 0.25) is 5.91 Å². The topological polar surface area (TPSA) is 32.3 Å². The second-order valence-electron chi connectivity index (χ2n) is 4.37. The summed E-state index contributed by atoms with van der Waals surface area (Å²) in [5.41, 5.74) is 2.24. The SMILES string of the molecule is CC(=O)N(C)Cc1cccc(NC(C)C)c1. The van der Waals surface area contributed by atoms with Crippen molar-refractivity contribution in [3.63, 3.8) is 0 Å². The summed E-state index contributed by atoms with van der Waals surface area (Å²) in [5, 5.41) is 3.34. The lowest BCUT2D eigenvalue weighted by Gasteiger charge is -2.16. The third-order valence-corrected chi connectivity index (χ3v) is 2.34. The van der Waals surface area contributed by atoms with E-state index in [2.05, 4.69) is 25.2 Å². The smallest absolute Gasteiger partial charge is 0.219 e. The predicted octanol–water partition coefficient (Wildman–Crippen LogP) is 2.49. The summed E-state index contributed by atoms with van der Waals surface area (Å²) in [6.07, 6.45) is 0. The molecule has 3 nitrogen and oxygen atoms in total. The van der Waals surface area contributed by atoms with Crippen molar-refractivity contribution in [2.24, 2.45) is 0 Å². The zero-order valence-electron chi connectivity index (χ0n) is 10.4. The van der Waals surface area contributed by atoms with Crippen molar-refractivity contribution >= 4 is 11.6 Å². The molecule has 1 aromatic carbocycles. The average Bonchev–Trinajstić information content (AvgIpc) is 2.16. The molecule has 0 aliphatic heterocycles. The van der Waals surface area contributed by atoms with Crippen molar-refractivity contribution in [1.29, 1.82) is 0 Å². The van der Waals surface area contributed by atoms with E-state index in [-0.39, 0.29) is 5.91 Å². The first-order valence-corrected chi connectivity index (χ1v) is 5.56. The molecular formula is C13H20N2O. The fourth-order valence-corrected chi connectivity index (χ4v) is 1.48. The van der Waals surface area contributed by atoms with Gasteiger partial charge in [0.1, 0.15) is 0 Å². The minimum atomic E-state index is 0.0854. The molecule has 0 aliphatic rings. The molecule has 0 heterocycles. The molecule has 0 saturated carbocycles. The maximum atomic E-state index is 11.1. The Bertz CT molecular complexity index is 361. The molecule has 1 amide bonds. The monoisotopic (exact) mass is 220 g/mol. The molecule has 16 heavy (non-hydrogen) atoms. The number of carbonyl (C=O) groups excluding carboxylic acids is 1. The summed E-state index contributed by atoms with van der Waals surface area (Å²) in [4.78, 5) is 12.8. The van der Waals surface area contributed by atoms with Crippen LogP contribution in [-0.2, 0) is 11.3 Å². The third-order valence-electron chi connectivity index (χ3n) is 2.34. The summed E-state index contributed by atoms with van der Waals surface area (Å²) in [5.74, 6) is 0.0854. The molecule has 0 fully saturated rings. The summed E-state index contributed by atoms with van der Waals surface area (Å²) < 4.78 is 0. The van der Waals surface area contributed by atoms with E-state index < -0.39 is 0 Å². The first kappa shape index (κ1) is 12.6. The number of hydrogen-bond donors (Lipinski definition) is 1. The molecule has 0 saturated heterocycles. The highest BCUT2D eigenvalue weighted by Gasteiger charge is 2.04. The molecule has 0 radical (unpaired) electrons.